The van der Waals surface area contributed by atoms with Gasteiger partial charge in [0.15, 0.2) is 0 Å². The minimum atomic E-state index is 0.492. The molecular weight excluding hydrogens is 224 g/mol. The average Bonchev–Trinajstić information content (AvgIpc) is 3.12. The van der Waals surface area contributed by atoms with Gasteiger partial charge in [-0.1, -0.05) is 19.8 Å². The molecule has 1 atom stereocenters. The third-order valence-corrected chi connectivity index (χ3v) is 3.22. The van der Waals surface area contributed by atoms with Crippen molar-refractivity contribution in [1.29, 1.82) is 0 Å². The first-order valence-electron chi connectivity index (χ1n) is 7.09. The summed E-state index contributed by atoms with van der Waals surface area (Å²) in [6, 6.07) is 2.50. The number of anilines is 2. The number of aromatic nitrogens is 2. The van der Waals surface area contributed by atoms with Gasteiger partial charge in [0.1, 0.15) is 17.5 Å². The van der Waals surface area contributed by atoms with Crippen molar-refractivity contribution in [2.24, 2.45) is 5.92 Å². The molecule has 1 aromatic heterocycles. The molecule has 0 saturated heterocycles. The van der Waals surface area contributed by atoms with Crippen LogP contribution in [-0.4, -0.2) is 22.6 Å². The Balaban J connectivity index is 2.02. The van der Waals surface area contributed by atoms with Crippen molar-refractivity contribution < 1.29 is 0 Å². The molecule has 1 heterocycles. The van der Waals surface area contributed by atoms with Crippen LogP contribution in [0.4, 0.5) is 11.6 Å². The molecule has 4 nitrogen and oxygen atoms in total. The van der Waals surface area contributed by atoms with Crippen molar-refractivity contribution in [3.8, 4) is 0 Å². The number of hydrogen-bond acceptors (Lipinski definition) is 4. The highest BCUT2D eigenvalue weighted by molar-refractivity contribution is 5.48. The molecule has 1 unspecified atom stereocenters. The Morgan fingerprint density at radius 2 is 2.00 bits per heavy atom. The molecule has 0 aliphatic heterocycles. The molecule has 0 aromatic carbocycles. The molecule has 1 aliphatic carbocycles. The van der Waals surface area contributed by atoms with Crippen molar-refractivity contribution in [3.05, 3.63) is 11.9 Å². The SMILES string of the molecule is CCNc1cc(NC(C)CC2CC2)nc(CC)n1. The lowest BCUT2D eigenvalue weighted by Crippen LogP contribution is -2.17. The summed E-state index contributed by atoms with van der Waals surface area (Å²) in [5, 5.41) is 6.75. The molecule has 0 radical (unpaired) electrons. The van der Waals surface area contributed by atoms with Gasteiger partial charge in [-0.05, 0) is 26.2 Å². The Kier molecular flexibility index (Phi) is 4.39. The summed E-state index contributed by atoms with van der Waals surface area (Å²) in [5.74, 6) is 3.71. The summed E-state index contributed by atoms with van der Waals surface area (Å²) < 4.78 is 0. The molecule has 0 bridgehead atoms. The number of aryl methyl sites for hydroxylation is 1. The first kappa shape index (κ1) is 13.1. The molecule has 0 amide bonds. The Bertz CT molecular complexity index is 387. The summed E-state index contributed by atoms with van der Waals surface area (Å²) in [6.45, 7) is 7.29. The van der Waals surface area contributed by atoms with E-state index in [4.69, 9.17) is 0 Å². The molecule has 1 fully saturated rings. The zero-order valence-electron chi connectivity index (χ0n) is 11.7. The molecular formula is C14H24N4. The van der Waals surface area contributed by atoms with Gasteiger partial charge in [0, 0.05) is 25.1 Å². The summed E-state index contributed by atoms with van der Waals surface area (Å²) >= 11 is 0. The Hall–Kier alpha value is -1.32. The van der Waals surface area contributed by atoms with E-state index in [-0.39, 0.29) is 0 Å². The Morgan fingerprint density at radius 3 is 2.61 bits per heavy atom. The van der Waals surface area contributed by atoms with Crippen LogP contribution in [0.1, 0.15) is 45.9 Å². The van der Waals surface area contributed by atoms with E-state index in [0.29, 0.717) is 6.04 Å². The van der Waals surface area contributed by atoms with Crippen LogP contribution in [0.2, 0.25) is 0 Å². The van der Waals surface area contributed by atoms with Crippen LogP contribution in [0, 0.1) is 5.92 Å². The number of nitrogens with one attached hydrogen (secondary N) is 2. The minimum Gasteiger partial charge on any atom is -0.370 e. The van der Waals surface area contributed by atoms with Gasteiger partial charge < -0.3 is 10.6 Å². The second-order valence-corrected chi connectivity index (χ2v) is 5.16. The largest absolute Gasteiger partial charge is 0.370 e. The van der Waals surface area contributed by atoms with Gasteiger partial charge in [-0.15, -0.1) is 0 Å². The van der Waals surface area contributed by atoms with Crippen molar-refractivity contribution in [2.75, 3.05) is 17.2 Å². The van der Waals surface area contributed by atoms with Crippen LogP contribution < -0.4 is 10.6 Å². The topological polar surface area (TPSA) is 49.8 Å². The van der Waals surface area contributed by atoms with Gasteiger partial charge in [0.05, 0.1) is 0 Å². The highest BCUT2D eigenvalue weighted by Crippen LogP contribution is 2.34. The summed E-state index contributed by atoms with van der Waals surface area (Å²) in [7, 11) is 0. The fraction of sp³-hybridized carbons (Fsp3) is 0.714. The van der Waals surface area contributed by atoms with Crippen LogP contribution in [0.15, 0.2) is 6.07 Å². The summed E-state index contributed by atoms with van der Waals surface area (Å²) in [5.41, 5.74) is 0. The van der Waals surface area contributed by atoms with E-state index in [0.717, 1.165) is 36.3 Å². The molecule has 4 heteroatoms. The highest BCUT2D eigenvalue weighted by atomic mass is 15.1. The number of rotatable bonds is 7. The third-order valence-electron chi connectivity index (χ3n) is 3.22. The lowest BCUT2D eigenvalue weighted by molar-refractivity contribution is 0.639. The van der Waals surface area contributed by atoms with Crippen molar-refractivity contribution in [3.63, 3.8) is 0 Å². The zero-order chi connectivity index (χ0) is 13.0. The van der Waals surface area contributed by atoms with Crippen LogP contribution in [0.3, 0.4) is 0 Å². The molecule has 1 aromatic rings. The molecule has 2 rings (SSSR count). The maximum absolute atomic E-state index is 4.54. The Labute approximate surface area is 110 Å². The third kappa shape index (κ3) is 3.86. The van der Waals surface area contributed by atoms with E-state index in [2.05, 4.69) is 41.4 Å². The number of nitrogens with zero attached hydrogens (tertiary/aromatic N) is 2. The van der Waals surface area contributed by atoms with Gasteiger partial charge in [-0.2, -0.15) is 0 Å². The average molecular weight is 248 g/mol. The van der Waals surface area contributed by atoms with Crippen molar-refractivity contribution >= 4 is 11.6 Å². The maximum Gasteiger partial charge on any atom is 0.132 e. The van der Waals surface area contributed by atoms with E-state index in [1.54, 1.807) is 0 Å². The summed E-state index contributed by atoms with van der Waals surface area (Å²) in [4.78, 5) is 9.00. The molecule has 1 aliphatic rings. The maximum atomic E-state index is 4.54. The van der Waals surface area contributed by atoms with E-state index in [1.807, 2.05) is 6.07 Å². The predicted octanol–water partition coefficient (Wildman–Crippen LogP) is 3.07. The van der Waals surface area contributed by atoms with E-state index >= 15 is 0 Å². The van der Waals surface area contributed by atoms with Gasteiger partial charge in [-0.3, -0.25) is 0 Å². The first-order chi connectivity index (χ1) is 8.71. The fourth-order valence-electron chi connectivity index (χ4n) is 2.17. The lowest BCUT2D eigenvalue weighted by atomic mass is 10.1. The standard InChI is InChI=1S/C14H24N4/c1-4-12-17-13(15-5-2)9-14(18-12)16-10(3)8-11-6-7-11/h9-11H,4-8H2,1-3H3,(H2,15,16,17,18). The van der Waals surface area contributed by atoms with E-state index < -0.39 is 0 Å². The highest BCUT2D eigenvalue weighted by Gasteiger charge is 2.23. The normalized spacial score (nSPS) is 16.4. The predicted molar refractivity (Wildman–Crippen MR) is 76.0 cm³/mol. The molecule has 18 heavy (non-hydrogen) atoms. The zero-order valence-corrected chi connectivity index (χ0v) is 11.7. The van der Waals surface area contributed by atoms with Crippen LogP contribution in [0.25, 0.3) is 0 Å². The van der Waals surface area contributed by atoms with E-state index in [1.165, 1.54) is 19.3 Å². The van der Waals surface area contributed by atoms with Gasteiger partial charge in [-0.25, -0.2) is 9.97 Å². The summed E-state index contributed by atoms with van der Waals surface area (Å²) in [6.07, 6.45) is 4.92. The number of hydrogen-bond donors (Lipinski definition) is 2. The molecule has 100 valence electrons. The van der Waals surface area contributed by atoms with Crippen molar-refractivity contribution in [1.82, 2.24) is 9.97 Å². The minimum absolute atomic E-state index is 0.492. The second kappa shape index (κ2) is 6.03. The first-order valence-corrected chi connectivity index (χ1v) is 7.09. The van der Waals surface area contributed by atoms with Gasteiger partial charge >= 0.3 is 0 Å². The van der Waals surface area contributed by atoms with Crippen LogP contribution in [0.5, 0.6) is 0 Å². The fourth-order valence-corrected chi connectivity index (χ4v) is 2.17. The van der Waals surface area contributed by atoms with E-state index in [9.17, 15) is 0 Å². The quantitative estimate of drug-likeness (QED) is 0.778. The Morgan fingerprint density at radius 1 is 1.28 bits per heavy atom. The smallest absolute Gasteiger partial charge is 0.132 e. The van der Waals surface area contributed by atoms with Crippen LogP contribution in [-0.2, 0) is 6.42 Å². The van der Waals surface area contributed by atoms with Gasteiger partial charge in [0.25, 0.3) is 0 Å². The molecule has 2 N–H and O–H groups in total. The van der Waals surface area contributed by atoms with Crippen molar-refractivity contribution in [2.45, 2.75) is 52.5 Å². The van der Waals surface area contributed by atoms with Gasteiger partial charge in [0.2, 0.25) is 0 Å². The molecule has 1 saturated carbocycles. The van der Waals surface area contributed by atoms with Crippen LogP contribution >= 0.6 is 0 Å². The second-order valence-electron chi connectivity index (χ2n) is 5.16. The lowest BCUT2D eigenvalue weighted by Gasteiger charge is -2.15. The monoisotopic (exact) mass is 248 g/mol. The molecule has 0 spiro atoms.